The summed E-state index contributed by atoms with van der Waals surface area (Å²) >= 11 is 11.4. The fraction of sp³-hybridized carbons (Fsp3) is 0.143. The molecule has 0 saturated heterocycles. The SMILES string of the molecule is ClC1=CC=CC=CC1Cl. The fourth-order valence-electron chi connectivity index (χ4n) is 0.557. The van der Waals surface area contributed by atoms with Crippen LogP contribution in [0.5, 0.6) is 0 Å². The first-order chi connectivity index (χ1) is 4.30. The molecule has 1 unspecified atom stereocenters. The molecule has 0 N–H and O–H groups in total. The normalized spacial score (nSPS) is 25.6. The van der Waals surface area contributed by atoms with Crippen LogP contribution in [-0.2, 0) is 0 Å². The Morgan fingerprint density at radius 1 is 1.22 bits per heavy atom. The van der Waals surface area contributed by atoms with E-state index in [1.165, 1.54) is 0 Å². The molecule has 0 saturated carbocycles. The van der Waals surface area contributed by atoms with E-state index in [0.717, 1.165) is 0 Å². The molecule has 0 spiro atoms. The van der Waals surface area contributed by atoms with Gasteiger partial charge in [-0.1, -0.05) is 35.9 Å². The molecule has 48 valence electrons. The van der Waals surface area contributed by atoms with Gasteiger partial charge in [0, 0.05) is 5.03 Å². The molecular weight excluding hydrogens is 155 g/mol. The number of allylic oxidation sites excluding steroid dienone is 6. The largest absolute Gasteiger partial charge is 0.112 e. The molecule has 0 aliphatic heterocycles. The van der Waals surface area contributed by atoms with E-state index in [4.69, 9.17) is 23.2 Å². The highest BCUT2D eigenvalue weighted by molar-refractivity contribution is 6.38. The monoisotopic (exact) mass is 160 g/mol. The lowest BCUT2D eigenvalue weighted by Gasteiger charge is -1.96. The maximum atomic E-state index is 5.74. The van der Waals surface area contributed by atoms with Gasteiger partial charge in [0.05, 0.1) is 5.38 Å². The summed E-state index contributed by atoms with van der Waals surface area (Å²) in [6, 6.07) is 0. The van der Waals surface area contributed by atoms with Crippen molar-refractivity contribution >= 4 is 23.2 Å². The quantitative estimate of drug-likeness (QED) is 0.479. The second-order valence-electron chi connectivity index (χ2n) is 1.72. The molecule has 0 aromatic carbocycles. The summed E-state index contributed by atoms with van der Waals surface area (Å²) in [6.45, 7) is 0. The van der Waals surface area contributed by atoms with E-state index in [1.807, 2.05) is 24.3 Å². The average molecular weight is 161 g/mol. The van der Waals surface area contributed by atoms with Gasteiger partial charge in [-0.05, 0) is 6.08 Å². The molecule has 0 aromatic rings. The van der Waals surface area contributed by atoms with Crippen LogP contribution >= 0.6 is 23.2 Å². The predicted molar refractivity (Wildman–Crippen MR) is 41.9 cm³/mol. The van der Waals surface area contributed by atoms with E-state index in [0.29, 0.717) is 5.03 Å². The molecule has 0 aromatic heterocycles. The van der Waals surface area contributed by atoms with Gasteiger partial charge in [-0.15, -0.1) is 11.6 Å². The molecular formula is C7H6Cl2. The van der Waals surface area contributed by atoms with Gasteiger partial charge in [0.25, 0.3) is 0 Å². The van der Waals surface area contributed by atoms with Gasteiger partial charge in [-0.3, -0.25) is 0 Å². The average Bonchev–Trinajstić information content (AvgIpc) is 1.99. The van der Waals surface area contributed by atoms with E-state index in [-0.39, 0.29) is 5.38 Å². The van der Waals surface area contributed by atoms with Crippen molar-refractivity contribution in [2.24, 2.45) is 0 Å². The summed E-state index contributed by atoms with van der Waals surface area (Å²) in [5, 5.41) is 0.517. The number of halogens is 2. The van der Waals surface area contributed by atoms with Crippen LogP contribution in [0.4, 0.5) is 0 Å². The number of hydrogen-bond acceptors (Lipinski definition) is 0. The lowest BCUT2D eigenvalue weighted by Crippen LogP contribution is -1.89. The molecule has 0 bridgehead atoms. The molecule has 0 amide bonds. The Labute approximate surface area is 64.5 Å². The molecule has 1 atom stereocenters. The van der Waals surface area contributed by atoms with Gasteiger partial charge in [-0.25, -0.2) is 0 Å². The lowest BCUT2D eigenvalue weighted by molar-refractivity contribution is 1.37. The molecule has 1 aliphatic carbocycles. The van der Waals surface area contributed by atoms with E-state index in [9.17, 15) is 0 Å². The third kappa shape index (κ3) is 1.88. The first-order valence-electron chi connectivity index (χ1n) is 2.65. The van der Waals surface area contributed by atoms with Gasteiger partial charge in [0.15, 0.2) is 0 Å². The Balaban J connectivity index is 2.80. The molecule has 0 radical (unpaired) electrons. The van der Waals surface area contributed by atoms with Crippen LogP contribution in [0.2, 0.25) is 0 Å². The second kappa shape index (κ2) is 3.09. The molecule has 1 rings (SSSR count). The summed E-state index contributed by atoms with van der Waals surface area (Å²) in [6.07, 6.45) is 9.26. The zero-order chi connectivity index (χ0) is 6.69. The third-order valence-corrected chi connectivity index (χ3v) is 1.87. The maximum Gasteiger partial charge on any atom is 0.0875 e. The minimum Gasteiger partial charge on any atom is -0.112 e. The Kier molecular flexibility index (Phi) is 2.38. The lowest BCUT2D eigenvalue weighted by atomic mass is 10.4. The van der Waals surface area contributed by atoms with Crippen LogP contribution in [0.25, 0.3) is 0 Å². The Morgan fingerprint density at radius 3 is 2.78 bits per heavy atom. The summed E-state index contributed by atoms with van der Waals surface area (Å²) in [4.78, 5) is 0. The van der Waals surface area contributed by atoms with E-state index in [1.54, 1.807) is 6.08 Å². The zero-order valence-corrected chi connectivity index (χ0v) is 6.23. The highest BCUT2D eigenvalue weighted by atomic mass is 35.5. The van der Waals surface area contributed by atoms with Crippen molar-refractivity contribution in [1.29, 1.82) is 0 Å². The smallest absolute Gasteiger partial charge is 0.0875 e. The Morgan fingerprint density at radius 2 is 2.00 bits per heavy atom. The number of alkyl halides is 1. The maximum absolute atomic E-state index is 5.74. The zero-order valence-electron chi connectivity index (χ0n) is 4.72. The van der Waals surface area contributed by atoms with Crippen molar-refractivity contribution in [3.05, 3.63) is 35.4 Å². The third-order valence-electron chi connectivity index (χ3n) is 1.02. The van der Waals surface area contributed by atoms with Crippen LogP contribution in [0, 0.1) is 0 Å². The first-order valence-corrected chi connectivity index (χ1v) is 3.47. The van der Waals surface area contributed by atoms with Crippen LogP contribution in [0.15, 0.2) is 35.4 Å². The molecule has 2 heteroatoms. The summed E-state index contributed by atoms with van der Waals surface area (Å²) in [5.74, 6) is 0. The number of hydrogen-bond donors (Lipinski definition) is 0. The Bertz CT molecular complexity index is 177. The second-order valence-corrected chi connectivity index (χ2v) is 2.63. The van der Waals surface area contributed by atoms with Gasteiger partial charge in [0.1, 0.15) is 0 Å². The standard InChI is InChI=1S/C7H6Cl2/c8-6-4-2-1-3-5-7(6)9/h1-6H. The van der Waals surface area contributed by atoms with Crippen molar-refractivity contribution in [1.82, 2.24) is 0 Å². The van der Waals surface area contributed by atoms with Crippen molar-refractivity contribution in [2.45, 2.75) is 5.38 Å². The summed E-state index contributed by atoms with van der Waals surface area (Å²) < 4.78 is 0. The van der Waals surface area contributed by atoms with E-state index in [2.05, 4.69) is 0 Å². The highest BCUT2D eigenvalue weighted by Crippen LogP contribution is 2.17. The van der Waals surface area contributed by atoms with E-state index < -0.39 is 0 Å². The fourth-order valence-corrected chi connectivity index (χ4v) is 0.859. The van der Waals surface area contributed by atoms with Crippen LogP contribution in [-0.4, -0.2) is 5.38 Å². The van der Waals surface area contributed by atoms with Gasteiger partial charge >= 0.3 is 0 Å². The van der Waals surface area contributed by atoms with Crippen molar-refractivity contribution in [3.8, 4) is 0 Å². The number of rotatable bonds is 0. The molecule has 0 heterocycles. The minimum absolute atomic E-state index is 0.151. The summed E-state index contributed by atoms with van der Waals surface area (Å²) in [5.41, 5.74) is 0. The first kappa shape index (κ1) is 6.91. The van der Waals surface area contributed by atoms with Gasteiger partial charge < -0.3 is 0 Å². The predicted octanol–water partition coefficient (Wildman–Crippen LogP) is 2.84. The van der Waals surface area contributed by atoms with Crippen LogP contribution in [0.3, 0.4) is 0 Å². The van der Waals surface area contributed by atoms with Crippen molar-refractivity contribution in [3.63, 3.8) is 0 Å². The summed E-state index contributed by atoms with van der Waals surface area (Å²) in [7, 11) is 0. The van der Waals surface area contributed by atoms with Crippen LogP contribution < -0.4 is 0 Å². The van der Waals surface area contributed by atoms with Gasteiger partial charge in [-0.2, -0.15) is 0 Å². The molecule has 0 nitrogen and oxygen atoms in total. The van der Waals surface area contributed by atoms with Crippen molar-refractivity contribution < 1.29 is 0 Å². The Hall–Kier alpha value is -0.200. The van der Waals surface area contributed by atoms with Crippen molar-refractivity contribution in [2.75, 3.05) is 0 Å². The molecule has 0 fully saturated rings. The molecule has 1 aliphatic rings. The minimum atomic E-state index is -0.151. The van der Waals surface area contributed by atoms with Gasteiger partial charge in [0.2, 0.25) is 0 Å². The van der Waals surface area contributed by atoms with E-state index >= 15 is 0 Å². The molecule has 9 heavy (non-hydrogen) atoms. The highest BCUT2D eigenvalue weighted by Gasteiger charge is 2.02. The van der Waals surface area contributed by atoms with Crippen LogP contribution in [0.1, 0.15) is 0 Å². The topological polar surface area (TPSA) is 0 Å².